The van der Waals surface area contributed by atoms with E-state index in [9.17, 15) is 8.42 Å². The molecule has 1 aliphatic heterocycles. The van der Waals surface area contributed by atoms with Crippen molar-refractivity contribution in [2.24, 2.45) is 5.14 Å². The summed E-state index contributed by atoms with van der Waals surface area (Å²) in [5.74, 6) is 0. The Hall–Kier alpha value is 0.760. The summed E-state index contributed by atoms with van der Waals surface area (Å²) in [6.45, 7) is 0. The van der Waals surface area contributed by atoms with E-state index in [0.29, 0.717) is 0 Å². The van der Waals surface area contributed by atoms with Crippen LogP contribution in [0.4, 0.5) is 0 Å². The molecule has 5 nitrogen and oxygen atoms in total. The Morgan fingerprint density at radius 2 is 2.20 bits per heavy atom. The SMILES string of the molecule is NS(=O)(=O)N1C=CSN1.[NaH]. The Bertz CT molecular complexity index is 225. The molecule has 1 heterocycles. The molecular weight excluding hydrogens is 185 g/mol. The average Bonchev–Trinajstić information content (AvgIpc) is 2.08. The van der Waals surface area contributed by atoms with Crippen LogP contribution in [0.1, 0.15) is 0 Å². The first kappa shape index (κ1) is 10.8. The average molecular weight is 191 g/mol. The zero-order chi connectivity index (χ0) is 6.91. The topological polar surface area (TPSA) is 75.4 Å². The summed E-state index contributed by atoms with van der Waals surface area (Å²) < 4.78 is 21.7. The molecule has 0 bridgehead atoms. The molecule has 8 heteroatoms. The predicted octanol–water partition coefficient (Wildman–Crippen LogP) is -1.52. The van der Waals surface area contributed by atoms with E-state index < -0.39 is 10.2 Å². The van der Waals surface area contributed by atoms with Gasteiger partial charge in [-0.3, -0.25) is 0 Å². The van der Waals surface area contributed by atoms with Gasteiger partial charge in [-0.15, -0.1) is 0 Å². The van der Waals surface area contributed by atoms with Crippen LogP contribution in [0.25, 0.3) is 0 Å². The second-order valence-electron chi connectivity index (χ2n) is 1.34. The third-order valence-electron chi connectivity index (χ3n) is 0.681. The van der Waals surface area contributed by atoms with Gasteiger partial charge in [0.2, 0.25) is 0 Å². The van der Waals surface area contributed by atoms with Crippen molar-refractivity contribution in [2.45, 2.75) is 0 Å². The number of nitrogens with one attached hydrogen (secondary N) is 1. The number of hydrazine groups is 1. The van der Waals surface area contributed by atoms with E-state index in [1.54, 1.807) is 5.41 Å². The van der Waals surface area contributed by atoms with Gasteiger partial charge in [-0.2, -0.15) is 17.7 Å². The number of nitrogens with zero attached hydrogens (tertiary/aromatic N) is 1. The van der Waals surface area contributed by atoms with Gasteiger partial charge in [0, 0.05) is 11.6 Å². The van der Waals surface area contributed by atoms with Crippen molar-refractivity contribution in [1.82, 2.24) is 9.25 Å². The predicted molar refractivity (Wildman–Crippen MR) is 42.0 cm³/mol. The van der Waals surface area contributed by atoms with Gasteiger partial charge in [0.15, 0.2) is 0 Å². The molecule has 0 unspecified atom stereocenters. The second-order valence-corrected chi connectivity index (χ2v) is 3.45. The minimum absolute atomic E-state index is 0. The van der Waals surface area contributed by atoms with Gasteiger partial charge in [0.05, 0.1) is 0 Å². The van der Waals surface area contributed by atoms with Crippen LogP contribution in [0.5, 0.6) is 0 Å². The fourth-order valence-corrected chi connectivity index (χ4v) is 1.60. The fourth-order valence-electron chi connectivity index (χ4n) is 0.335. The van der Waals surface area contributed by atoms with Gasteiger partial charge in [-0.1, -0.05) is 0 Å². The molecule has 0 fully saturated rings. The standard InChI is InChI=1S/C2H5N3O2S2.Na.H/c3-9(6,7)5-1-2-8-4-5;;/h1-2,4H,(H2,3,6,7);;. The van der Waals surface area contributed by atoms with E-state index in [1.807, 2.05) is 0 Å². The van der Waals surface area contributed by atoms with Gasteiger partial charge < -0.3 is 0 Å². The van der Waals surface area contributed by atoms with Crippen LogP contribution in [0, 0.1) is 0 Å². The molecule has 0 radical (unpaired) electrons. The zero-order valence-corrected chi connectivity index (χ0v) is 5.95. The van der Waals surface area contributed by atoms with Crippen molar-refractivity contribution in [3.05, 3.63) is 11.6 Å². The third-order valence-corrected chi connectivity index (χ3v) is 2.12. The van der Waals surface area contributed by atoms with E-state index in [1.165, 1.54) is 6.20 Å². The van der Waals surface area contributed by atoms with Crippen molar-refractivity contribution in [2.75, 3.05) is 0 Å². The Kier molecular flexibility index (Phi) is 4.26. The summed E-state index contributed by atoms with van der Waals surface area (Å²) in [6.07, 6.45) is 1.33. The van der Waals surface area contributed by atoms with E-state index in [-0.39, 0.29) is 29.6 Å². The van der Waals surface area contributed by atoms with Crippen LogP contribution in [-0.4, -0.2) is 42.4 Å². The molecule has 0 atom stereocenters. The number of hydrogen-bond acceptors (Lipinski definition) is 4. The van der Waals surface area contributed by atoms with Crippen LogP contribution >= 0.6 is 11.9 Å². The van der Waals surface area contributed by atoms with E-state index >= 15 is 0 Å². The normalized spacial score (nSPS) is 17.1. The minimum atomic E-state index is -3.59. The van der Waals surface area contributed by atoms with Crippen LogP contribution in [-0.2, 0) is 10.2 Å². The maximum atomic E-state index is 10.4. The number of rotatable bonds is 1. The molecule has 54 valence electrons. The molecular formula is C2H6N3NaO2S2. The number of hydrogen-bond donors (Lipinski definition) is 2. The van der Waals surface area contributed by atoms with E-state index in [0.717, 1.165) is 16.4 Å². The third kappa shape index (κ3) is 2.79. The fraction of sp³-hybridized carbons (Fsp3) is 0. The monoisotopic (exact) mass is 191 g/mol. The molecule has 1 rings (SSSR count). The summed E-state index contributed by atoms with van der Waals surface area (Å²) in [5.41, 5.74) is 0. The van der Waals surface area contributed by atoms with E-state index in [2.05, 4.69) is 4.83 Å². The van der Waals surface area contributed by atoms with Crippen LogP contribution in [0.2, 0.25) is 0 Å². The van der Waals surface area contributed by atoms with Crippen molar-refractivity contribution in [3.63, 3.8) is 0 Å². The van der Waals surface area contributed by atoms with Crippen LogP contribution in [0.3, 0.4) is 0 Å². The first-order valence-corrected chi connectivity index (χ1v) is 4.39. The molecule has 3 N–H and O–H groups in total. The molecule has 0 aliphatic carbocycles. The summed E-state index contributed by atoms with van der Waals surface area (Å²) in [6, 6.07) is 0. The van der Waals surface area contributed by atoms with Crippen molar-refractivity contribution < 1.29 is 8.42 Å². The van der Waals surface area contributed by atoms with Gasteiger partial charge in [-0.25, -0.2) is 5.14 Å². The first-order chi connectivity index (χ1) is 4.11. The number of nitrogens with two attached hydrogens (primary N) is 1. The summed E-state index contributed by atoms with van der Waals surface area (Å²) in [5, 5.41) is 6.29. The van der Waals surface area contributed by atoms with Gasteiger partial charge in [0.1, 0.15) is 0 Å². The van der Waals surface area contributed by atoms with Gasteiger partial charge in [0.25, 0.3) is 0 Å². The first-order valence-electron chi connectivity index (χ1n) is 2.01. The molecule has 0 aromatic carbocycles. The van der Waals surface area contributed by atoms with Gasteiger partial charge in [-0.05, 0) is 11.9 Å². The maximum absolute atomic E-state index is 10.4. The Balaban J connectivity index is 0.000000810. The summed E-state index contributed by atoms with van der Waals surface area (Å²) in [4.78, 5) is 2.42. The molecule has 0 aromatic rings. The molecule has 0 saturated heterocycles. The van der Waals surface area contributed by atoms with Crippen molar-refractivity contribution in [1.29, 1.82) is 0 Å². The van der Waals surface area contributed by atoms with E-state index in [4.69, 9.17) is 5.14 Å². The molecule has 0 aromatic heterocycles. The van der Waals surface area contributed by atoms with Gasteiger partial charge >= 0.3 is 39.8 Å². The second kappa shape index (κ2) is 3.96. The van der Waals surface area contributed by atoms with Crippen molar-refractivity contribution >= 4 is 51.7 Å². The van der Waals surface area contributed by atoms with Crippen LogP contribution < -0.4 is 9.97 Å². The molecule has 0 amide bonds. The van der Waals surface area contributed by atoms with Crippen molar-refractivity contribution in [3.8, 4) is 0 Å². The Morgan fingerprint density at radius 3 is 2.40 bits per heavy atom. The molecule has 0 spiro atoms. The zero-order valence-electron chi connectivity index (χ0n) is 4.31. The Morgan fingerprint density at radius 1 is 1.60 bits per heavy atom. The summed E-state index contributed by atoms with van der Waals surface area (Å²) >= 11 is 1.15. The molecule has 0 saturated carbocycles. The quantitative estimate of drug-likeness (QED) is 0.390. The molecule has 1 aliphatic rings. The summed E-state index contributed by atoms with van der Waals surface area (Å²) in [7, 11) is -3.59. The molecule has 10 heavy (non-hydrogen) atoms. The van der Waals surface area contributed by atoms with Crippen LogP contribution in [0.15, 0.2) is 11.6 Å². The Labute approximate surface area is 85.6 Å².